The monoisotopic (exact) mass is 378 g/mol. The maximum Gasteiger partial charge on any atom is 0.417 e. The van der Waals surface area contributed by atoms with E-state index in [1.165, 1.54) is 12.4 Å². The predicted octanol–water partition coefficient (Wildman–Crippen LogP) is 2.56. The van der Waals surface area contributed by atoms with E-state index in [9.17, 15) is 13.2 Å². The quantitative estimate of drug-likeness (QED) is 0.698. The van der Waals surface area contributed by atoms with Crippen LogP contribution < -0.4 is 4.90 Å². The van der Waals surface area contributed by atoms with Gasteiger partial charge in [0, 0.05) is 49.6 Å². The Morgan fingerprint density at radius 3 is 2.85 bits per heavy atom. The molecular weight excluding hydrogens is 361 g/mol. The summed E-state index contributed by atoms with van der Waals surface area (Å²) >= 11 is 0. The van der Waals surface area contributed by atoms with Gasteiger partial charge in [-0.05, 0) is 18.6 Å². The third-order valence-corrected chi connectivity index (χ3v) is 4.75. The number of alkyl halides is 3. The van der Waals surface area contributed by atoms with Crippen LogP contribution in [-0.4, -0.2) is 38.4 Å². The van der Waals surface area contributed by atoms with Gasteiger partial charge in [0.2, 0.25) is 0 Å². The molecule has 7 nitrogen and oxygen atoms in total. The lowest BCUT2D eigenvalue weighted by atomic mass is 10.0. The van der Waals surface area contributed by atoms with Gasteiger partial charge in [0.15, 0.2) is 11.5 Å². The van der Waals surface area contributed by atoms with Crippen LogP contribution in [0.25, 0.3) is 5.65 Å². The minimum absolute atomic E-state index is 0.306. The van der Waals surface area contributed by atoms with Gasteiger partial charge in [-0.3, -0.25) is 4.98 Å². The molecule has 0 aromatic carbocycles. The number of hydrogen-bond donors (Lipinski definition) is 0. The van der Waals surface area contributed by atoms with Crippen molar-refractivity contribution >= 4 is 11.5 Å². The molecule has 0 spiro atoms. The molecular formula is C17H17F3N6O. The van der Waals surface area contributed by atoms with Gasteiger partial charge < -0.3 is 9.64 Å². The highest BCUT2D eigenvalue weighted by atomic mass is 19.4. The number of rotatable bonds is 3. The van der Waals surface area contributed by atoms with Crippen molar-refractivity contribution in [1.29, 1.82) is 0 Å². The minimum atomic E-state index is -4.41. The summed E-state index contributed by atoms with van der Waals surface area (Å²) in [4.78, 5) is 5.97. The van der Waals surface area contributed by atoms with E-state index in [1.54, 1.807) is 11.6 Å². The first-order valence-electron chi connectivity index (χ1n) is 8.37. The van der Waals surface area contributed by atoms with Gasteiger partial charge in [-0.15, -0.1) is 15.3 Å². The van der Waals surface area contributed by atoms with Crippen molar-refractivity contribution in [3.8, 4) is 0 Å². The SMILES string of the molecule is COCc1c(C)c(N2CCc3ncc(C(F)(F)F)cc3C2)nn2cnnc12. The summed E-state index contributed by atoms with van der Waals surface area (Å²) in [5.41, 5.74) is 2.86. The van der Waals surface area contributed by atoms with Crippen LogP contribution in [0.4, 0.5) is 19.0 Å². The highest BCUT2D eigenvalue weighted by Crippen LogP contribution is 2.33. The van der Waals surface area contributed by atoms with E-state index in [2.05, 4.69) is 20.3 Å². The van der Waals surface area contributed by atoms with Gasteiger partial charge in [-0.1, -0.05) is 0 Å². The largest absolute Gasteiger partial charge is 0.417 e. The second-order valence-electron chi connectivity index (χ2n) is 6.46. The molecule has 0 atom stereocenters. The molecule has 0 aliphatic carbocycles. The number of nitrogens with zero attached hydrogens (tertiary/aromatic N) is 6. The summed E-state index contributed by atoms with van der Waals surface area (Å²) in [7, 11) is 1.59. The van der Waals surface area contributed by atoms with Crippen LogP contribution in [0.1, 0.15) is 27.9 Å². The number of anilines is 1. The zero-order valence-corrected chi connectivity index (χ0v) is 14.8. The summed E-state index contributed by atoms with van der Waals surface area (Å²) < 4.78 is 45.9. The van der Waals surface area contributed by atoms with Crippen LogP contribution in [0.5, 0.6) is 0 Å². The van der Waals surface area contributed by atoms with Crippen molar-refractivity contribution in [2.24, 2.45) is 0 Å². The van der Waals surface area contributed by atoms with E-state index in [0.717, 1.165) is 17.3 Å². The fraction of sp³-hybridized carbons (Fsp3) is 0.412. The fourth-order valence-electron chi connectivity index (χ4n) is 3.36. The molecule has 1 aliphatic rings. The van der Waals surface area contributed by atoms with E-state index in [-0.39, 0.29) is 0 Å². The molecule has 0 fully saturated rings. The molecule has 10 heteroatoms. The molecule has 3 aromatic heterocycles. The van der Waals surface area contributed by atoms with Crippen LogP contribution >= 0.6 is 0 Å². The van der Waals surface area contributed by atoms with E-state index < -0.39 is 11.7 Å². The van der Waals surface area contributed by atoms with Gasteiger partial charge in [-0.2, -0.15) is 17.7 Å². The Balaban J connectivity index is 1.74. The highest BCUT2D eigenvalue weighted by molar-refractivity contribution is 5.60. The number of pyridine rings is 1. The molecule has 0 saturated carbocycles. The number of fused-ring (bicyclic) bond motifs is 2. The standard InChI is InChI=1S/C17H17F3N6O/c1-10-13(8-27-2)16-23-22-9-26(16)24-15(10)25-4-3-14-11(7-25)5-12(6-21-14)17(18,19)20/h5-6,9H,3-4,7-8H2,1-2H3. The highest BCUT2D eigenvalue weighted by Gasteiger charge is 2.33. The normalized spacial score (nSPS) is 14.6. The zero-order valence-electron chi connectivity index (χ0n) is 14.8. The molecule has 0 N–H and O–H groups in total. The Hall–Kier alpha value is -2.75. The van der Waals surface area contributed by atoms with Crippen molar-refractivity contribution in [2.75, 3.05) is 18.6 Å². The predicted molar refractivity (Wildman–Crippen MR) is 90.2 cm³/mol. The minimum Gasteiger partial charge on any atom is -0.380 e. The lowest BCUT2D eigenvalue weighted by Crippen LogP contribution is -2.33. The van der Waals surface area contributed by atoms with Gasteiger partial charge >= 0.3 is 6.18 Å². The Bertz CT molecular complexity index is 1000. The molecule has 0 amide bonds. The lowest BCUT2D eigenvalue weighted by molar-refractivity contribution is -0.137. The number of halogens is 3. The molecule has 0 saturated heterocycles. The summed E-state index contributed by atoms with van der Waals surface area (Å²) in [5, 5.41) is 12.5. The number of aromatic nitrogens is 5. The third-order valence-electron chi connectivity index (χ3n) is 4.75. The van der Waals surface area contributed by atoms with Crippen molar-refractivity contribution in [3.05, 3.63) is 46.5 Å². The summed E-state index contributed by atoms with van der Waals surface area (Å²) in [6.45, 7) is 3.17. The molecule has 0 radical (unpaired) electrons. The molecule has 142 valence electrons. The van der Waals surface area contributed by atoms with Gasteiger partial charge in [0.25, 0.3) is 0 Å². The van der Waals surface area contributed by atoms with E-state index in [0.29, 0.717) is 48.8 Å². The topological polar surface area (TPSA) is 68.4 Å². The second-order valence-corrected chi connectivity index (χ2v) is 6.46. The first kappa shape index (κ1) is 17.7. The molecule has 1 aliphatic heterocycles. The molecule has 27 heavy (non-hydrogen) atoms. The maximum absolute atomic E-state index is 13.0. The molecule has 4 heterocycles. The third kappa shape index (κ3) is 3.09. The Morgan fingerprint density at radius 1 is 1.30 bits per heavy atom. The Morgan fingerprint density at radius 2 is 2.11 bits per heavy atom. The van der Waals surface area contributed by atoms with Crippen LogP contribution in [0.15, 0.2) is 18.6 Å². The smallest absolute Gasteiger partial charge is 0.380 e. The van der Waals surface area contributed by atoms with Crippen LogP contribution in [-0.2, 0) is 30.5 Å². The van der Waals surface area contributed by atoms with Crippen LogP contribution in [0.2, 0.25) is 0 Å². The Kier molecular flexibility index (Phi) is 4.22. The second kappa shape index (κ2) is 6.45. The summed E-state index contributed by atoms with van der Waals surface area (Å²) in [6, 6.07) is 1.18. The molecule has 4 rings (SSSR count). The summed E-state index contributed by atoms with van der Waals surface area (Å²) in [5.74, 6) is 0.678. The van der Waals surface area contributed by atoms with Crippen molar-refractivity contribution < 1.29 is 17.9 Å². The van der Waals surface area contributed by atoms with Gasteiger partial charge in [0.05, 0.1) is 12.2 Å². The number of methoxy groups -OCH3 is 1. The van der Waals surface area contributed by atoms with Gasteiger partial charge in [-0.25, -0.2) is 0 Å². The van der Waals surface area contributed by atoms with Gasteiger partial charge in [0.1, 0.15) is 6.33 Å². The average Bonchev–Trinajstić information content (AvgIpc) is 3.10. The van der Waals surface area contributed by atoms with Crippen molar-refractivity contribution in [3.63, 3.8) is 0 Å². The lowest BCUT2D eigenvalue weighted by Gasteiger charge is -2.31. The van der Waals surface area contributed by atoms with E-state index in [1.807, 2.05) is 11.8 Å². The van der Waals surface area contributed by atoms with Crippen molar-refractivity contribution in [1.82, 2.24) is 24.8 Å². The van der Waals surface area contributed by atoms with Crippen LogP contribution in [0, 0.1) is 6.92 Å². The van der Waals surface area contributed by atoms with Crippen molar-refractivity contribution in [2.45, 2.75) is 32.7 Å². The summed E-state index contributed by atoms with van der Waals surface area (Å²) in [6.07, 6.45) is -1.46. The van der Waals surface area contributed by atoms with E-state index in [4.69, 9.17) is 4.74 Å². The molecule has 0 bridgehead atoms. The Labute approximate surface area is 152 Å². The van der Waals surface area contributed by atoms with E-state index >= 15 is 0 Å². The fourth-order valence-corrected chi connectivity index (χ4v) is 3.36. The molecule has 3 aromatic rings. The van der Waals surface area contributed by atoms with Crippen LogP contribution in [0.3, 0.4) is 0 Å². The molecule has 0 unspecified atom stereocenters. The average molecular weight is 378 g/mol. The first-order valence-corrected chi connectivity index (χ1v) is 8.37. The number of ether oxygens (including phenoxy) is 1. The maximum atomic E-state index is 13.0. The first-order chi connectivity index (χ1) is 12.9. The zero-order chi connectivity index (χ0) is 19.2. The number of hydrogen-bond acceptors (Lipinski definition) is 6.